The molecule has 0 spiro atoms. The SMILES string of the molecule is C[C@@]1(C(F)(F)F)Cc2cc(NC(=O)c3cnn4cccnc34)c(N3CCOCC3)cc2O1.C[C@]1(C(F)(F)F)Cc2cc(NC(=O)c3cnn4cccnc34)c(N3CCOCC3)cc2O1. The molecule has 4 aromatic heterocycles. The van der Waals surface area contributed by atoms with Gasteiger partial charge in [-0.05, 0) is 38.1 Å². The van der Waals surface area contributed by atoms with Crippen molar-refractivity contribution in [3.05, 3.63) is 95.8 Å². The van der Waals surface area contributed by atoms with Gasteiger partial charge in [-0.2, -0.15) is 36.5 Å². The molecule has 0 bridgehead atoms. The minimum Gasteiger partial charge on any atom is -0.477 e. The number of hydrogen-bond acceptors (Lipinski definition) is 12. The van der Waals surface area contributed by atoms with Crippen LogP contribution in [0.25, 0.3) is 11.3 Å². The Morgan fingerprint density at radius 3 is 1.39 bits per heavy atom. The molecular formula is C42H40F6N10O6. The average molecular weight is 895 g/mol. The summed E-state index contributed by atoms with van der Waals surface area (Å²) >= 11 is 0. The van der Waals surface area contributed by atoms with E-state index in [1.54, 1.807) is 61.2 Å². The number of ether oxygens (including phenoxy) is 4. The minimum atomic E-state index is -4.53. The van der Waals surface area contributed by atoms with Crippen LogP contribution in [0.4, 0.5) is 49.1 Å². The van der Waals surface area contributed by atoms with Crippen molar-refractivity contribution in [1.82, 2.24) is 29.2 Å². The van der Waals surface area contributed by atoms with Gasteiger partial charge < -0.3 is 39.4 Å². The van der Waals surface area contributed by atoms with Crippen molar-refractivity contribution in [2.75, 3.05) is 73.0 Å². The van der Waals surface area contributed by atoms with Gasteiger partial charge in [-0.25, -0.2) is 19.0 Å². The smallest absolute Gasteiger partial charge is 0.428 e. The zero-order chi connectivity index (χ0) is 45.0. The van der Waals surface area contributed by atoms with Crippen LogP contribution >= 0.6 is 0 Å². The van der Waals surface area contributed by atoms with Crippen molar-refractivity contribution in [2.24, 2.45) is 0 Å². The maximum Gasteiger partial charge on any atom is 0.428 e. The van der Waals surface area contributed by atoms with Crippen LogP contribution in [0.1, 0.15) is 45.7 Å². The van der Waals surface area contributed by atoms with Gasteiger partial charge in [-0.15, -0.1) is 0 Å². The summed E-state index contributed by atoms with van der Waals surface area (Å²) in [6.07, 6.45) is -0.477. The second-order valence-corrected chi connectivity index (χ2v) is 16.0. The monoisotopic (exact) mass is 894 g/mol. The summed E-state index contributed by atoms with van der Waals surface area (Å²) < 4.78 is 106. The number of nitrogens with zero attached hydrogens (tertiary/aromatic N) is 8. The highest BCUT2D eigenvalue weighted by Crippen LogP contribution is 2.49. The molecule has 2 atom stereocenters. The largest absolute Gasteiger partial charge is 0.477 e. The van der Waals surface area contributed by atoms with Crippen molar-refractivity contribution in [3.8, 4) is 11.5 Å². The van der Waals surface area contributed by atoms with Crippen LogP contribution in [0.5, 0.6) is 11.5 Å². The maximum absolute atomic E-state index is 13.6. The van der Waals surface area contributed by atoms with E-state index in [0.29, 0.717) is 97.8 Å². The normalized spacial score (nSPS) is 20.8. The van der Waals surface area contributed by atoms with Crippen molar-refractivity contribution in [1.29, 1.82) is 0 Å². The van der Waals surface area contributed by atoms with Gasteiger partial charge in [0.25, 0.3) is 11.8 Å². The topological polar surface area (TPSA) is 162 Å². The van der Waals surface area contributed by atoms with Gasteiger partial charge in [0.05, 0.1) is 61.6 Å². The minimum absolute atomic E-state index is 0.168. The molecule has 2 N–H and O–H groups in total. The fourth-order valence-electron chi connectivity index (χ4n) is 7.98. The average Bonchev–Trinajstić information content (AvgIpc) is 4.06. The standard InChI is InChI=1S/2C21H20F3N5O3/c2*1-20(21(22,23)24)11-13-9-15(16(10-17(13)32-20)28-5-7-31-8-6-28)27-19(30)14-12-26-29-4-2-3-25-18(14)29/h2*2-4,9-10,12H,5-8,11H2,1H3,(H,27,30)/t2*20-/m10/s1. The summed E-state index contributed by atoms with van der Waals surface area (Å²) in [4.78, 5) is 38.4. The van der Waals surface area contributed by atoms with E-state index in [1.807, 2.05) is 9.80 Å². The Kier molecular flexibility index (Phi) is 10.8. The molecule has 4 aliphatic heterocycles. The third-order valence-electron chi connectivity index (χ3n) is 11.5. The Bertz CT molecular complexity index is 2560. The lowest BCUT2D eigenvalue weighted by Gasteiger charge is -2.31. The molecule has 2 aromatic carbocycles. The number of morpholine rings is 2. The van der Waals surface area contributed by atoms with Crippen LogP contribution in [0.15, 0.2) is 73.6 Å². The Morgan fingerprint density at radius 1 is 0.625 bits per heavy atom. The number of hydrogen-bond donors (Lipinski definition) is 2. The Balaban J connectivity index is 0.000000162. The number of amides is 2. The number of carbonyl (C=O) groups excluding carboxylic acids is 2. The summed E-state index contributed by atoms with van der Waals surface area (Å²) in [7, 11) is 0. The molecule has 4 aliphatic rings. The Labute approximate surface area is 360 Å². The van der Waals surface area contributed by atoms with Crippen molar-refractivity contribution in [2.45, 2.75) is 50.2 Å². The molecule has 0 saturated carbocycles. The summed E-state index contributed by atoms with van der Waals surface area (Å²) in [6, 6.07) is 9.65. The Morgan fingerprint density at radius 2 is 1.02 bits per heavy atom. The first-order chi connectivity index (χ1) is 30.5. The van der Waals surface area contributed by atoms with E-state index in [9.17, 15) is 35.9 Å². The number of carbonyl (C=O) groups is 2. The predicted octanol–water partition coefficient (Wildman–Crippen LogP) is 6.15. The second-order valence-electron chi connectivity index (χ2n) is 16.0. The van der Waals surface area contributed by atoms with E-state index < -0.39 is 35.4 Å². The third kappa shape index (κ3) is 7.95. The van der Waals surface area contributed by atoms with Crippen LogP contribution in [-0.4, -0.2) is 117 Å². The zero-order valence-corrected chi connectivity index (χ0v) is 34.3. The van der Waals surface area contributed by atoms with E-state index in [0.717, 1.165) is 13.8 Å². The number of benzene rings is 2. The molecular weight excluding hydrogens is 855 g/mol. The lowest BCUT2D eigenvalue weighted by molar-refractivity contribution is -0.235. The summed E-state index contributed by atoms with van der Waals surface area (Å²) in [6.45, 7) is 6.12. The molecule has 16 nitrogen and oxygen atoms in total. The van der Waals surface area contributed by atoms with Gasteiger partial charge in [-0.1, -0.05) is 0 Å². The van der Waals surface area contributed by atoms with E-state index in [4.69, 9.17) is 18.9 Å². The number of fused-ring (bicyclic) bond motifs is 4. The number of aromatic nitrogens is 6. The molecule has 0 unspecified atom stereocenters. The molecule has 336 valence electrons. The highest BCUT2D eigenvalue weighted by atomic mass is 19.4. The van der Waals surface area contributed by atoms with Gasteiger partial charge in [-0.3, -0.25) is 9.59 Å². The molecule has 10 rings (SSSR count). The van der Waals surface area contributed by atoms with Crippen LogP contribution in [0, 0.1) is 0 Å². The van der Waals surface area contributed by atoms with Crippen LogP contribution < -0.4 is 29.9 Å². The molecule has 2 fully saturated rings. The van der Waals surface area contributed by atoms with Gasteiger partial charge in [0.15, 0.2) is 11.3 Å². The van der Waals surface area contributed by atoms with Crippen molar-refractivity contribution < 1.29 is 54.9 Å². The molecule has 22 heteroatoms. The lowest BCUT2D eigenvalue weighted by Crippen LogP contribution is -2.46. The number of alkyl halides is 6. The van der Waals surface area contributed by atoms with Crippen molar-refractivity contribution >= 4 is 45.9 Å². The predicted molar refractivity (Wildman–Crippen MR) is 218 cm³/mol. The lowest BCUT2D eigenvalue weighted by atomic mass is 9.98. The van der Waals surface area contributed by atoms with Gasteiger partial charge in [0.2, 0.25) is 11.2 Å². The molecule has 8 heterocycles. The van der Waals surface area contributed by atoms with Crippen LogP contribution in [0.2, 0.25) is 0 Å². The highest BCUT2D eigenvalue weighted by Gasteiger charge is 2.58. The van der Waals surface area contributed by atoms with Crippen LogP contribution in [0.3, 0.4) is 0 Å². The fourth-order valence-corrected chi connectivity index (χ4v) is 7.98. The highest BCUT2D eigenvalue weighted by molar-refractivity contribution is 6.10. The number of halogens is 6. The summed E-state index contributed by atoms with van der Waals surface area (Å²) in [5.41, 5.74) is -0.608. The molecule has 2 saturated heterocycles. The third-order valence-corrected chi connectivity index (χ3v) is 11.5. The summed E-state index contributed by atoms with van der Waals surface area (Å²) in [5.74, 6) is -0.569. The first kappa shape index (κ1) is 42.6. The molecule has 0 aliphatic carbocycles. The molecule has 64 heavy (non-hydrogen) atoms. The Hall–Kier alpha value is -6.68. The van der Waals surface area contributed by atoms with E-state index in [1.165, 1.54) is 21.4 Å². The van der Waals surface area contributed by atoms with Crippen LogP contribution in [-0.2, 0) is 22.3 Å². The number of nitrogens with one attached hydrogen (secondary N) is 2. The van der Waals surface area contributed by atoms with E-state index in [2.05, 4.69) is 30.8 Å². The van der Waals surface area contributed by atoms with Gasteiger partial charge in [0, 0.05) is 87.1 Å². The molecule has 2 amide bonds. The first-order valence-electron chi connectivity index (χ1n) is 20.2. The fraction of sp³-hybridized carbons (Fsp3) is 0.381. The van der Waals surface area contributed by atoms with E-state index in [-0.39, 0.29) is 35.5 Å². The van der Waals surface area contributed by atoms with E-state index >= 15 is 0 Å². The summed E-state index contributed by atoms with van der Waals surface area (Å²) in [5, 5.41) is 13.9. The number of anilines is 4. The zero-order valence-electron chi connectivity index (χ0n) is 34.3. The maximum atomic E-state index is 13.6. The number of rotatable bonds is 6. The van der Waals surface area contributed by atoms with Crippen molar-refractivity contribution in [3.63, 3.8) is 0 Å². The molecule has 0 radical (unpaired) electrons. The first-order valence-corrected chi connectivity index (χ1v) is 20.2. The van der Waals surface area contributed by atoms with Gasteiger partial charge >= 0.3 is 12.4 Å². The second kappa shape index (κ2) is 16.1. The van der Waals surface area contributed by atoms with Gasteiger partial charge in [0.1, 0.15) is 22.6 Å². The molecule has 6 aromatic rings. The quantitative estimate of drug-likeness (QED) is 0.184.